The third kappa shape index (κ3) is 5.34. The number of fused-ring (bicyclic) bond motifs is 1. The lowest BCUT2D eigenvalue weighted by molar-refractivity contribution is 0.511. The van der Waals surface area contributed by atoms with E-state index < -0.39 is 46.0 Å². The first kappa shape index (κ1) is 24.0. The Kier molecular flexibility index (Phi) is 6.85. The van der Waals surface area contributed by atoms with Gasteiger partial charge in [-0.15, -0.1) is 0 Å². The van der Waals surface area contributed by atoms with E-state index in [0.29, 0.717) is 28.3 Å². The molecule has 174 valence electrons. The molecule has 0 saturated carbocycles. The zero-order valence-corrected chi connectivity index (χ0v) is 18.4. The van der Waals surface area contributed by atoms with Gasteiger partial charge in [0, 0.05) is 11.1 Å². The van der Waals surface area contributed by atoms with Gasteiger partial charge in [-0.2, -0.15) is 0 Å². The van der Waals surface area contributed by atoms with Crippen molar-refractivity contribution in [1.82, 2.24) is 0 Å². The Bertz CT molecular complexity index is 1530. The smallest absolute Gasteiger partial charge is 0.159 e. The van der Waals surface area contributed by atoms with Crippen molar-refractivity contribution in [2.24, 2.45) is 0 Å². The average Bonchev–Trinajstić information content (AvgIpc) is 2.79. The zero-order valence-electron chi connectivity index (χ0n) is 18.4. The maximum absolute atomic E-state index is 14.5. The molecule has 0 spiro atoms. The standard InChI is InChI=1S/C29H16F6/c1-2-3-18-11-24(30)23(25(31)12-18)9-6-19-13-26(32)22(27(33)14-19)8-5-17-4-7-20-15-28(34)29(35)16-21(20)10-17/h4,7,10-16H,2-3H2,1H3. The van der Waals surface area contributed by atoms with Crippen molar-refractivity contribution in [1.29, 1.82) is 0 Å². The van der Waals surface area contributed by atoms with Gasteiger partial charge >= 0.3 is 0 Å². The molecule has 0 aromatic heterocycles. The Hall–Kier alpha value is -4.16. The SMILES string of the molecule is CCCc1cc(F)c(C#Cc2cc(F)c(C#Cc3ccc4cc(F)c(F)cc4c3)c(F)c2)c(F)c1. The van der Waals surface area contributed by atoms with Gasteiger partial charge in [-0.3, -0.25) is 0 Å². The normalized spacial score (nSPS) is 10.5. The second kappa shape index (κ2) is 9.99. The van der Waals surface area contributed by atoms with E-state index >= 15 is 0 Å². The second-order valence-electron chi connectivity index (χ2n) is 7.83. The van der Waals surface area contributed by atoms with Gasteiger partial charge in [-0.1, -0.05) is 43.1 Å². The Morgan fingerprint density at radius 1 is 0.514 bits per heavy atom. The van der Waals surface area contributed by atoms with Gasteiger partial charge in [-0.25, -0.2) is 26.3 Å². The lowest BCUT2D eigenvalue weighted by Gasteiger charge is -2.03. The van der Waals surface area contributed by atoms with Crippen LogP contribution in [0.5, 0.6) is 0 Å². The molecule has 0 fully saturated rings. The molecule has 4 rings (SSSR count). The molecular formula is C29H16F6. The summed E-state index contributed by atoms with van der Waals surface area (Å²) in [5.74, 6) is 3.96. The average molecular weight is 478 g/mol. The molecule has 4 aromatic carbocycles. The Balaban J connectivity index is 1.63. The predicted molar refractivity (Wildman–Crippen MR) is 123 cm³/mol. The highest BCUT2D eigenvalue weighted by Gasteiger charge is 2.11. The Morgan fingerprint density at radius 3 is 1.60 bits per heavy atom. The summed E-state index contributed by atoms with van der Waals surface area (Å²) >= 11 is 0. The first-order valence-corrected chi connectivity index (χ1v) is 10.6. The first-order chi connectivity index (χ1) is 16.7. The number of benzene rings is 4. The van der Waals surface area contributed by atoms with E-state index in [0.717, 1.165) is 30.7 Å². The summed E-state index contributed by atoms with van der Waals surface area (Å²) in [4.78, 5) is 0. The van der Waals surface area contributed by atoms with Crippen LogP contribution >= 0.6 is 0 Å². The number of rotatable bonds is 2. The maximum atomic E-state index is 14.5. The van der Waals surface area contributed by atoms with Crippen LogP contribution in [0, 0.1) is 58.6 Å². The van der Waals surface area contributed by atoms with Gasteiger partial charge in [-0.05, 0) is 71.3 Å². The van der Waals surface area contributed by atoms with Crippen LogP contribution < -0.4 is 0 Å². The molecule has 0 aliphatic carbocycles. The highest BCUT2D eigenvalue weighted by molar-refractivity contribution is 5.84. The quantitative estimate of drug-likeness (QED) is 0.208. The van der Waals surface area contributed by atoms with Crippen LogP contribution in [0.2, 0.25) is 0 Å². The van der Waals surface area contributed by atoms with Gasteiger partial charge in [0.2, 0.25) is 0 Å². The topological polar surface area (TPSA) is 0 Å². The number of hydrogen-bond donors (Lipinski definition) is 0. The van der Waals surface area contributed by atoms with E-state index in [2.05, 4.69) is 23.7 Å². The van der Waals surface area contributed by atoms with Gasteiger partial charge in [0.15, 0.2) is 11.6 Å². The first-order valence-electron chi connectivity index (χ1n) is 10.6. The monoisotopic (exact) mass is 478 g/mol. The molecule has 0 aliphatic heterocycles. The molecule has 0 atom stereocenters. The fourth-order valence-electron chi connectivity index (χ4n) is 3.53. The third-order valence-corrected chi connectivity index (χ3v) is 5.23. The van der Waals surface area contributed by atoms with Crippen LogP contribution in [0.15, 0.2) is 54.6 Å². The van der Waals surface area contributed by atoms with E-state index in [1.807, 2.05) is 6.92 Å². The van der Waals surface area contributed by atoms with E-state index in [4.69, 9.17) is 0 Å². The molecule has 0 unspecified atom stereocenters. The summed E-state index contributed by atoms with van der Waals surface area (Å²) in [6.07, 6.45) is 1.23. The van der Waals surface area contributed by atoms with Crippen LogP contribution in [-0.4, -0.2) is 0 Å². The molecule has 6 heteroatoms. The minimum absolute atomic E-state index is 0.120. The molecule has 4 aromatic rings. The second-order valence-corrected chi connectivity index (χ2v) is 7.83. The van der Waals surface area contributed by atoms with Crippen LogP contribution in [0.4, 0.5) is 26.3 Å². The molecule has 0 N–H and O–H groups in total. The summed E-state index contributed by atoms with van der Waals surface area (Å²) in [7, 11) is 0. The molecule has 0 saturated heterocycles. The fourth-order valence-corrected chi connectivity index (χ4v) is 3.53. The Labute approximate surface area is 198 Å². The van der Waals surface area contributed by atoms with Gasteiger partial charge in [0.1, 0.15) is 23.3 Å². The molecule has 0 nitrogen and oxygen atoms in total. The molecule has 35 heavy (non-hydrogen) atoms. The van der Waals surface area contributed by atoms with Gasteiger partial charge < -0.3 is 0 Å². The molecule has 0 aliphatic rings. The van der Waals surface area contributed by atoms with E-state index in [1.165, 1.54) is 30.3 Å². The summed E-state index contributed by atoms with van der Waals surface area (Å²) in [5, 5.41) is 0.826. The molecule has 0 radical (unpaired) electrons. The third-order valence-electron chi connectivity index (χ3n) is 5.23. The van der Waals surface area contributed by atoms with Gasteiger partial charge in [0.05, 0.1) is 11.1 Å². The van der Waals surface area contributed by atoms with Crippen molar-refractivity contribution in [2.75, 3.05) is 0 Å². The lowest BCUT2D eigenvalue weighted by Crippen LogP contribution is -1.95. The van der Waals surface area contributed by atoms with Crippen molar-refractivity contribution in [3.8, 4) is 23.7 Å². The van der Waals surface area contributed by atoms with Crippen molar-refractivity contribution in [3.63, 3.8) is 0 Å². The minimum atomic E-state index is -1.02. The van der Waals surface area contributed by atoms with Crippen molar-refractivity contribution >= 4 is 10.8 Å². The largest absolute Gasteiger partial charge is 0.206 e. The minimum Gasteiger partial charge on any atom is -0.206 e. The van der Waals surface area contributed by atoms with Crippen molar-refractivity contribution in [2.45, 2.75) is 19.8 Å². The van der Waals surface area contributed by atoms with Crippen LogP contribution in [0.1, 0.15) is 41.2 Å². The van der Waals surface area contributed by atoms with Crippen LogP contribution in [0.25, 0.3) is 10.8 Å². The van der Waals surface area contributed by atoms with Crippen LogP contribution in [0.3, 0.4) is 0 Å². The van der Waals surface area contributed by atoms with Crippen molar-refractivity contribution in [3.05, 3.63) is 117 Å². The lowest BCUT2D eigenvalue weighted by atomic mass is 10.0. The highest BCUT2D eigenvalue weighted by Crippen LogP contribution is 2.21. The number of hydrogen-bond acceptors (Lipinski definition) is 0. The summed E-state index contributed by atoms with van der Waals surface area (Å²) in [5.41, 5.74) is -0.296. The van der Waals surface area contributed by atoms with E-state index in [-0.39, 0.29) is 5.56 Å². The molecule has 0 amide bonds. The predicted octanol–water partition coefficient (Wildman–Crippen LogP) is 7.43. The van der Waals surface area contributed by atoms with Gasteiger partial charge in [0.25, 0.3) is 0 Å². The fraction of sp³-hybridized carbons (Fsp3) is 0.103. The zero-order chi connectivity index (χ0) is 25.1. The summed E-state index contributed by atoms with van der Waals surface area (Å²) < 4.78 is 84.3. The van der Waals surface area contributed by atoms with E-state index in [1.54, 1.807) is 0 Å². The highest BCUT2D eigenvalue weighted by atomic mass is 19.2. The van der Waals surface area contributed by atoms with E-state index in [9.17, 15) is 26.3 Å². The van der Waals surface area contributed by atoms with Crippen LogP contribution in [-0.2, 0) is 6.42 Å². The number of halogens is 6. The Morgan fingerprint density at radius 2 is 1.03 bits per heavy atom. The summed E-state index contributed by atoms with van der Waals surface area (Å²) in [6.45, 7) is 1.88. The van der Waals surface area contributed by atoms with Crippen molar-refractivity contribution < 1.29 is 26.3 Å². The molecule has 0 bridgehead atoms. The molecular weight excluding hydrogens is 462 g/mol. The maximum Gasteiger partial charge on any atom is 0.159 e. The number of aryl methyl sites for hydroxylation is 1. The summed E-state index contributed by atoms with van der Waals surface area (Å²) in [6, 6.07) is 10.8. The molecule has 0 heterocycles.